The van der Waals surface area contributed by atoms with E-state index >= 15 is 0 Å². The maximum Gasteiger partial charge on any atom is 0.222 e. The Morgan fingerprint density at radius 2 is 1.78 bits per heavy atom. The average molecular weight is 453 g/mol. The predicted octanol–water partition coefficient (Wildman–Crippen LogP) is 4.02. The molecule has 0 radical (unpaired) electrons. The predicted molar refractivity (Wildman–Crippen MR) is 112 cm³/mol. The number of carbonyl (C=O) groups is 1. The smallest absolute Gasteiger partial charge is 0.222 e. The summed E-state index contributed by atoms with van der Waals surface area (Å²) in [5.41, 5.74) is 0. The molecular weight excluding hydrogens is 428 g/mol. The Balaban J connectivity index is 1.32. The molecule has 2 heterocycles. The second-order valence-electron chi connectivity index (χ2n) is 6.49. The summed E-state index contributed by atoms with van der Waals surface area (Å²) < 4.78 is 12.0. The van der Waals surface area contributed by atoms with Crippen molar-refractivity contribution < 1.29 is 14.3 Å². The van der Waals surface area contributed by atoms with Gasteiger partial charge in [0.1, 0.15) is 11.5 Å². The average Bonchev–Trinajstić information content (AvgIpc) is 3.10. The van der Waals surface area contributed by atoms with Gasteiger partial charge in [-0.15, -0.1) is 11.3 Å². The highest BCUT2D eigenvalue weighted by molar-refractivity contribution is 9.11. The lowest BCUT2D eigenvalue weighted by atomic mass is 10.2. The van der Waals surface area contributed by atoms with Crippen molar-refractivity contribution in [1.29, 1.82) is 0 Å². The van der Waals surface area contributed by atoms with E-state index in [1.54, 1.807) is 18.4 Å². The highest BCUT2D eigenvalue weighted by atomic mass is 79.9. The zero-order chi connectivity index (χ0) is 19.1. The fourth-order valence-electron chi connectivity index (χ4n) is 3.06. The Morgan fingerprint density at radius 1 is 1.07 bits per heavy atom. The van der Waals surface area contributed by atoms with Gasteiger partial charge < -0.3 is 14.4 Å². The van der Waals surface area contributed by atoms with Crippen LogP contribution in [0.15, 0.2) is 40.2 Å². The fraction of sp³-hybridized carbons (Fsp3) is 0.450. The van der Waals surface area contributed by atoms with Crippen LogP contribution in [0.25, 0.3) is 0 Å². The zero-order valence-electron chi connectivity index (χ0n) is 15.5. The Kier molecular flexibility index (Phi) is 7.55. The van der Waals surface area contributed by atoms with Gasteiger partial charge in [-0.1, -0.05) is 0 Å². The molecule has 3 rings (SSSR count). The standard InChI is InChI=1S/C20H25BrN2O3S/c1-25-16-4-6-17(7-5-16)26-14-2-3-20(24)23-12-10-22(11-13-23)15-18-8-9-19(21)27-18/h4-9H,2-3,10-15H2,1H3. The second kappa shape index (κ2) is 10.1. The van der Waals surface area contributed by atoms with Crippen LogP contribution in [-0.2, 0) is 11.3 Å². The highest BCUT2D eigenvalue weighted by Gasteiger charge is 2.21. The van der Waals surface area contributed by atoms with Gasteiger partial charge in [-0.25, -0.2) is 0 Å². The molecule has 1 aliphatic heterocycles. The number of rotatable bonds is 8. The molecular formula is C20H25BrN2O3S. The lowest BCUT2D eigenvalue weighted by molar-refractivity contribution is -0.133. The maximum absolute atomic E-state index is 12.4. The molecule has 1 aromatic heterocycles. The van der Waals surface area contributed by atoms with Crippen molar-refractivity contribution in [2.45, 2.75) is 19.4 Å². The molecule has 1 aliphatic rings. The second-order valence-corrected chi connectivity index (χ2v) is 9.04. The Morgan fingerprint density at radius 3 is 2.41 bits per heavy atom. The van der Waals surface area contributed by atoms with E-state index in [1.807, 2.05) is 29.2 Å². The minimum atomic E-state index is 0.229. The summed E-state index contributed by atoms with van der Waals surface area (Å²) >= 11 is 5.28. The first-order chi connectivity index (χ1) is 13.1. The van der Waals surface area contributed by atoms with E-state index in [0.29, 0.717) is 13.0 Å². The number of methoxy groups -OCH3 is 1. The van der Waals surface area contributed by atoms with Gasteiger partial charge in [0.05, 0.1) is 17.5 Å². The van der Waals surface area contributed by atoms with Crippen molar-refractivity contribution in [3.05, 3.63) is 45.1 Å². The molecule has 1 aromatic carbocycles. The van der Waals surface area contributed by atoms with Crippen LogP contribution < -0.4 is 9.47 Å². The molecule has 0 saturated carbocycles. The number of carbonyl (C=O) groups excluding carboxylic acids is 1. The Bertz CT molecular complexity index is 727. The highest BCUT2D eigenvalue weighted by Crippen LogP contribution is 2.23. The van der Waals surface area contributed by atoms with E-state index in [9.17, 15) is 4.79 Å². The molecule has 1 saturated heterocycles. The fourth-order valence-corrected chi connectivity index (χ4v) is 4.58. The lowest BCUT2D eigenvalue weighted by Crippen LogP contribution is -2.48. The van der Waals surface area contributed by atoms with Crippen LogP contribution >= 0.6 is 27.3 Å². The van der Waals surface area contributed by atoms with Crippen molar-refractivity contribution in [1.82, 2.24) is 9.80 Å². The summed E-state index contributed by atoms with van der Waals surface area (Å²) in [5, 5.41) is 0. The first-order valence-corrected chi connectivity index (χ1v) is 10.8. The maximum atomic E-state index is 12.4. The molecule has 27 heavy (non-hydrogen) atoms. The van der Waals surface area contributed by atoms with Gasteiger partial charge in [0, 0.05) is 44.0 Å². The van der Waals surface area contributed by atoms with Crippen LogP contribution in [-0.4, -0.2) is 55.6 Å². The van der Waals surface area contributed by atoms with Crippen LogP contribution in [0, 0.1) is 0 Å². The van der Waals surface area contributed by atoms with Crippen LogP contribution in [0.5, 0.6) is 11.5 Å². The van der Waals surface area contributed by atoms with E-state index in [0.717, 1.165) is 50.6 Å². The number of hydrogen-bond donors (Lipinski definition) is 0. The number of piperazine rings is 1. The Hall–Kier alpha value is -1.57. The number of hydrogen-bond acceptors (Lipinski definition) is 5. The molecule has 0 bridgehead atoms. The van der Waals surface area contributed by atoms with Crippen molar-refractivity contribution in [3.8, 4) is 11.5 Å². The topological polar surface area (TPSA) is 42.0 Å². The summed E-state index contributed by atoms with van der Waals surface area (Å²) in [7, 11) is 1.64. The third-order valence-electron chi connectivity index (χ3n) is 4.60. The third-order valence-corrected chi connectivity index (χ3v) is 6.20. The molecule has 0 aliphatic carbocycles. The normalized spacial score (nSPS) is 15.0. The number of nitrogens with zero attached hydrogens (tertiary/aromatic N) is 2. The molecule has 146 valence electrons. The summed E-state index contributed by atoms with van der Waals surface area (Å²) in [6.07, 6.45) is 1.27. The summed E-state index contributed by atoms with van der Waals surface area (Å²) in [6, 6.07) is 11.8. The van der Waals surface area contributed by atoms with E-state index in [-0.39, 0.29) is 5.91 Å². The summed E-state index contributed by atoms with van der Waals surface area (Å²) in [6.45, 7) is 5.00. The number of benzene rings is 1. The van der Waals surface area contributed by atoms with E-state index in [1.165, 1.54) is 8.66 Å². The van der Waals surface area contributed by atoms with Gasteiger partial charge in [0.15, 0.2) is 0 Å². The number of thiophene rings is 1. The molecule has 5 nitrogen and oxygen atoms in total. The minimum absolute atomic E-state index is 0.229. The van der Waals surface area contributed by atoms with Crippen molar-refractivity contribution in [3.63, 3.8) is 0 Å². The molecule has 1 amide bonds. The van der Waals surface area contributed by atoms with Gasteiger partial charge >= 0.3 is 0 Å². The molecule has 1 fully saturated rings. The monoisotopic (exact) mass is 452 g/mol. The molecule has 0 unspecified atom stereocenters. The van der Waals surface area contributed by atoms with Gasteiger partial charge in [0.2, 0.25) is 5.91 Å². The van der Waals surface area contributed by atoms with Crippen LogP contribution in [0.2, 0.25) is 0 Å². The zero-order valence-corrected chi connectivity index (χ0v) is 17.9. The first-order valence-electron chi connectivity index (χ1n) is 9.15. The molecule has 2 aromatic rings. The molecule has 0 N–H and O–H groups in total. The molecule has 0 spiro atoms. The summed E-state index contributed by atoms with van der Waals surface area (Å²) in [5.74, 6) is 1.84. The summed E-state index contributed by atoms with van der Waals surface area (Å²) in [4.78, 5) is 18.1. The van der Waals surface area contributed by atoms with Gasteiger partial charge in [0.25, 0.3) is 0 Å². The van der Waals surface area contributed by atoms with Crippen LogP contribution in [0.1, 0.15) is 17.7 Å². The number of ether oxygens (including phenoxy) is 2. The first kappa shape index (κ1) is 20.2. The number of amides is 1. The van der Waals surface area contributed by atoms with Crippen molar-refractivity contribution >= 4 is 33.2 Å². The van der Waals surface area contributed by atoms with Gasteiger partial charge in [-0.3, -0.25) is 9.69 Å². The van der Waals surface area contributed by atoms with Crippen LogP contribution in [0.4, 0.5) is 0 Å². The van der Waals surface area contributed by atoms with E-state index in [2.05, 4.69) is 33.0 Å². The third kappa shape index (κ3) is 6.23. The largest absolute Gasteiger partial charge is 0.497 e. The quantitative estimate of drug-likeness (QED) is 0.567. The molecule has 7 heteroatoms. The minimum Gasteiger partial charge on any atom is -0.497 e. The number of halogens is 1. The van der Waals surface area contributed by atoms with Crippen LogP contribution in [0.3, 0.4) is 0 Å². The van der Waals surface area contributed by atoms with E-state index < -0.39 is 0 Å². The van der Waals surface area contributed by atoms with E-state index in [4.69, 9.17) is 9.47 Å². The van der Waals surface area contributed by atoms with Crippen molar-refractivity contribution in [2.75, 3.05) is 39.9 Å². The molecule has 0 atom stereocenters. The van der Waals surface area contributed by atoms with Gasteiger partial charge in [-0.2, -0.15) is 0 Å². The SMILES string of the molecule is COc1ccc(OCCCC(=O)N2CCN(Cc3ccc(Br)s3)CC2)cc1. The Labute approximate surface area is 173 Å². The van der Waals surface area contributed by atoms with Crippen molar-refractivity contribution in [2.24, 2.45) is 0 Å². The van der Waals surface area contributed by atoms with Gasteiger partial charge in [-0.05, 0) is 58.7 Å². The lowest BCUT2D eigenvalue weighted by Gasteiger charge is -2.34.